The summed E-state index contributed by atoms with van der Waals surface area (Å²) in [6.07, 6.45) is 1.62. The zero-order valence-electron chi connectivity index (χ0n) is 9.70. The third-order valence-corrected chi connectivity index (χ3v) is 5.47. The van der Waals surface area contributed by atoms with E-state index in [1.165, 1.54) is 11.5 Å². The van der Waals surface area contributed by atoms with Crippen molar-refractivity contribution in [3.8, 4) is 0 Å². The summed E-state index contributed by atoms with van der Waals surface area (Å²) in [5, 5.41) is 11.5. The maximum Gasteiger partial charge on any atom is 0.350 e. The van der Waals surface area contributed by atoms with E-state index < -0.39 is 5.69 Å². The largest absolute Gasteiger partial charge is 0.394 e. The average Bonchev–Trinajstić information content (AvgIpc) is 2.76. The van der Waals surface area contributed by atoms with Gasteiger partial charge in [-0.1, -0.05) is 0 Å². The first-order valence-electron chi connectivity index (χ1n) is 5.35. The zero-order chi connectivity index (χ0) is 13.1. The Morgan fingerprint density at radius 1 is 1.72 bits per heavy atom. The highest BCUT2D eigenvalue weighted by Gasteiger charge is 2.27. The van der Waals surface area contributed by atoms with Crippen LogP contribution in [0.4, 0.5) is 5.82 Å². The number of anilines is 1. The highest BCUT2D eigenvalue weighted by molar-refractivity contribution is 8.20. The monoisotopic (exact) mass is 287 g/mol. The molecule has 98 valence electrons. The van der Waals surface area contributed by atoms with Crippen molar-refractivity contribution in [1.29, 1.82) is 0 Å². The van der Waals surface area contributed by atoms with Gasteiger partial charge in [0, 0.05) is 18.9 Å². The van der Waals surface area contributed by atoms with E-state index in [0.29, 0.717) is 0 Å². The summed E-state index contributed by atoms with van der Waals surface area (Å²) in [4.78, 5) is 26.5. The van der Waals surface area contributed by atoms with Gasteiger partial charge in [0.25, 0.3) is 0 Å². The molecule has 0 radical (unpaired) electrons. The van der Waals surface area contributed by atoms with Gasteiger partial charge in [0.2, 0.25) is 5.91 Å². The third kappa shape index (κ3) is 3.06. The lowest BCUT2D eigenvalue weighted by Crippen LogP contribution is -2.26. The summed E-state index contributed by atoms with van der Waals surface area (Å²) < 4.78 is 1.63. The number of rotatable bonds is 3. The van der Waals surface area contributed by atoms with Gasteiger partial charge in [-0.3, -0.25) is 9.36 Å². The molecule has 18 heavy (non-hydrogen) atoms. The Labute approximate surface area is 112 Å². The van der Waals surface area contributed by atoms with Crippen LogP contribution < -0.4 is 11.0 Å². The molecule has 2 rings (SSSR count). The Morgan fingerprint density at radius 2 is 2.50 bits per heavy atom. The summed E-state index contributed by atoms with van der Waals surface area (Å²) in [6, 6.07) is 1.60. The quantitative estimate of drug-likeness (QED) is 0.842. The van der Waals surface area contributed by atoms with Crippen molar-refractivity contribution in [2.45, 2.75) is 16.9 Å². The van der Waals surface area contributed by atoms with Crippen LogP contribution in [0, 0.1) is 0 Å². The van der Waals surface area contributed by atoms with Crippen molar-refractivity contribution in [1.82, 2.24) is 9.55 Å². The normalized spacial score (nSPS) is 23.0. The first kappa shape index (κ1) is 13.4. The van der Waals surface area contributed by atoms with Gasteiger partial charge in [0.1, 0.15) is 5.82 Å². The molecule has 1 aromatic rings. The second kappa shape index (κ2) is 5.77. The molecule has 0 aliphatic carbocycles. The molecule has 0 aromatic carbocycles. The van der Waals surface area contributed by atoms with Crippen molar-refractivity contribution < 1.29 is 9.90 Å². The molecule has 1 aliphatic heterocycles. The lowest BCUT2D eigenvalue weighted by atomic mass is 10.5. The predicted molar refractivity (Wildman–Crippen MR) is 72.8 cm³/mol. The number of hydrogen-bond acceptors (Lipinski definition) is 6. The van der Waals surface area contributed by atoms with Crippen LogP contribution in [0.25, 0.3) is 0 Å². The Morgan fingerprint density at radius 3 is 3.06 bits per heavy atom. The molecule has 1 aromatic heterocycles. The van der Waals surface area contributed by atoms with E-state index in [1.807, 2.05) is 0 Å². The Kier molecular flexibility index (Phi) is 4.31. The summed E-state index contributed by atoms with van der Waals surface area (Å²) in [6.45, 7) is 1.46. The molecule has 1 amide bonds. The number of carbonyl (C=O) groups is 1. The van der Waals surface area contributed by atoms with E-state index in [-0.39, 0.29) is 28.3 Å². The fourth-order valence-electron chi connectivity index (χ4n) is 1.57. The molecule has 2 heterocycles. The number of aliphatic hydroxyl groups is 1. The van der Waals surface area contributed by atoms with Crippen molar-refractivity contribution in [2.24, 2.45) is 0 Å². The molecule has 0 saturated carbocycles. The topological polar surface area (TPSA) is 84.2 Å². The zero-order valence-corrected chi connectivity index (χ0v) is 11.3. The second-order valence-corrected chi connectivity index (χ2v) is 6.64. The fraction of sp³-hybridized carbons (Fsp3) is 0.500. The molecule has 1 saturated heterocycles. The molecule has 0 bridgehead atoms. The number of nitrogens with one attached hydrogen (secondary N) is 1. The minimum absolute atomic E-state index is 0.0153. The van der Waals surface area contributed by atoms with Crippen LogP contribution >= 0.6 is 23.5 Å². The average molecular weight is 287 g/mol. The van der Waals surface area contributed by atoms with Crippen LogP contribution in [0.15, 0.2) is 17.1 Å². The van der Waals surface area contributed by atoms with Gasteiger partial charge in [-0.25, -0.2) is 4.79 Å². The van der Waals surface area contributed by atoms with Gasteiger partial charge in [-0.05, 0) is 6.07 Å². The first-order chi connectivity index (χ1) is 8.60. The van der Waals surface area contributed by atoms with Gasteiger partial charge in [0.05, 0.1) is 16.6 Å². The molecule has 0 unspecified atom stereocenters. The summed E-state index contributed by atoms with van der Waals surface area (Å²) >= 11 is 3.17. The Hall–Kier alpha value is -0.990. The Bertz CT molecular complexity index is 505. The molecule has 2 N–H and O–H groups in total. The number of amides is 1. The predicted octanol–water partition coefficient (Wildman–Crippen LogP) is 0.499. The van der Waals surface area contributed by atoms with E-state index >= 15 is 0 Å². The number of thioether (sulfide) groups is 2. The molecule has 1 fully saturated rings. The molecule has 1 aliphatic rings. The maximum absolute atomic E-state index is 11.8. The number of hydrogen-bond donors (Lipinski definition) is 2. The molecule has 0 spiro atoms. The standard InChI is InChI=1S/C10H13N3O3S2/c1-6(15)11-7-2-3-13(10(16)12-7)8-5-17-9(4-14)18-8/h2-3,8-9,14H,4-5H2,1H3,(H,11,12,15,16)/t8-,9+/m1/s1. The second-order valence-electron chi connectivity index (χ2n) is 3.72. The van der Waals surface area contributed by atoms with E-state index in [1.54, 1.807) is 35.8 Å². The summed E-state index contributed by atoms with van der Waals surface area (Å²) in [5.41, 5.74) is -0.391. The number of aromatic nitrogens is 2. The van der Waals surface area contributed by atoms with E-state index in [4.69, 9.17) is 5.11 Å². The molecule has 2 atom stereocenters. The molecule has 6 nitrogen and oxygen atoms in total. The van der Waals surface area contributed by atoms with Crippen LogP contribution in [0.3, 0.4) is 0 Å². The molecule has 8 heteroatoms. The minimum atomic E-state index is -0.391. The summed E-state index contributed by atoms with van der Waals surface area (Å²) in [7, 11) is 0. The number of aliphatic hydroxyl groups excluding tert-OH is 1. The maximum atomic E-state index is 11.8. The van der Waals surface area contributed by atoms with Gasteiger partial charge < -0.3 is 10.4 Å². The van der Waals surface area contributed by atoms with Crippen molar-refractivity contribution in [2.75, 3.05) is 17.7 Å². The first-order valence-corrected chi connectivity index (χ1v) is 7.34. The Balaban J connectivity index is 2.15. The fourth-order valence-corrected chi connectivity index (χ4v) is 4.42. The van der Waals surface area contributed by atoms with Crippen molar-refractivity contribution >= 4 is 35.2 Å². The number of nitrogens with zero attached hydrogens (tertiary/aromatic N) is 2. The van der Waals surface area contributed by atoms with Crippen LogP contribution in [0.1, 0.15) is 12.3 Å². The van der Waals surface area contributed by atoms with Crippen molar-refractivity contribution in [3.05, 3.63) is 22.7 Å². The lowest BCUT2D eigenvalue weighted by molar-refractivity contribution is -0.114. The van der Waals surface area contributed by atoms with Gasteiger partial charge in [-0.15, -0.1) is 23.5 Å². The third-order valence-electron chi connectivity index (χ3n) is 2.33. The van der Waals surface area contributed by atoms with E-state index in [0.717, 1.165) is 5.75 Å². The van der Waals surface area contributed by atoms with Crippen LogP contribution in [0.2, 0.25) is 0 Å². The van der Waals surface area contributed by atoms with Crippen molar-refractivity contribution in [3.63, 3.8) is 0 Å². The smallest absolute Gasteiger partial charge is 0.350 e. The van der Waals surface area contributed by atoms with Gasteiger partial charge in [0.15, 0.2) is 0 Å². The van der Waals surface area contributed by atoms with Crippen LogP contribution in [0.5, 0.6) is 0 Å². The summed E-state index contributed by atoms with van der Waals surface area (Å²) in [5.74, 6) is 0.764. The van der Waals surface area contributed by atoms with E-state index in [2.05, 4.69) is 10.3 Å². The lowest BCUT2D eigenvalue weighted by Gasteiger charge is -2.12. The SMILES string of the molecule is CC(=O)Nc1ccn([C@H]2CS[C@H](CO)S2)c(=O)n1. The van der Waals surface area contributed by atoms with Gasteiger partial charge in [-0.2, -0.15) is 4.98 Å². The highest BCUT2D eigenvalue weighted by Crippen LogP contribution is 2.43. The molecular formula is C10H13N3O3S2. The number of carbonyl (C=O) groups excluding carboxylic acids is 1. The molecular weight excluding hydrogens is 274 g/mol. The van der Waals surface area contributed by atoms with Gasteiger partial charge >= 0.3 is 5.69 Å². The van der Waals surface area contributed by atoms with E-state index in [9.17, 15) is 9.59 Å². The van der Waals surface area contributed by atoms with Crippen LogP contribution in [-0.2, 0) is 4.79 Å². The minimum Gasteiger partial charge on any atom is -0.394 e. The highest BCUT2D eigenvalue weighted by atomic mass is 32.2. The van der Waals surface area contributed by atoms with Crippen LogP contribution in [-0.4, -0.2) is 37.5 Å².